The fourth-order valence-corrected chi connectivity index (χ4v) is 3.04. The van der Waals surface area contributed by atoms with E-state index < -0.39 is 0 Å². The Morgan fingerprint density at radius 1 is 1.38 bits per heavy atom. The number of aryl methyl sites for hydroxylation is 1. The van der Waals surface area contributed by atoms with E-state index in [9.17, 15) is 4.79 Å². The zero-order chi connectivity index (χ0) is 16.9. The molecule has 24 heavy (non-hydrogen) atoms. The highest BCUT2D eigenvalue weighted by atomic mass is 16.5. The highest BCUT2D eigenvalue weighted by Gasteiger charge is 2.27. The summed E-state index contributed by atoms with van der Waals surface area (Å²) in [5, 5.41) is 0. The lowest BCUT2D eigenvalue weighted by molar-refractivity contribution is -0.130. The van der Waals surface area contributed by atoms with Crippen molar-refractivity contribution in [2.24, 2.45) is 5.73 Å². The number of nitrogens with zero attached hydrogens (tertiary/aromatic N) is 3. The fourth-order valence-electron chi connectivity index (χ4n) is 3.04. The molecule has 6 heteroatoms. The summed E-state index contributed by atoms with van der Waals surface area (Å²) in [4.78, 5) is 22.5. The van der Waals surface area contributed by atoms with Crippen LogP contribution in [0.3, 0.4) is 0 Å². The number of amides is 1. The Hall–Kier alpha value is -2.47. The SMILES string of the molecule is Cc1cccc(Oc2nccnc2C2CCCN(C(=O)CN)C2)c1. The van der Waals surface area contributed by atoms with Crippen LogP contribution in [-0.4, -0.2) is 40.4 Å². The van der Waals surface area contributed by atoms with Gasteiger partial charge in [-0.25, -0.2) is 4.98 Å². The number of nitrogens with two attached hydrogens (primary N) is 1. The standard InChI is InChI=1S/C18H22N4O2/c1-13-4-2-6-15(10-13)24-18-17(20-7-8-21-18)14-5-3-9-22(12-14)16(23)11-19/h2,4,6-8,10,14H,3,5,9,11-12,19H2,1H3. The third kappa shape index (κ3) is 3.71. The number of rotatable bonds is 4. The van der Waals surface area contributed by atoms with Gasteiger partial charge in [-0.1, -0.05) is 12.1 Å². The van der Waals surface area contributed by atoms with Crippen LogP contribution < -0.4 is 10.5 Å². The van der Waals surface area contributed by atoms with Crippen molar-refractivity contribution in [3.05, 3.63) is 47.9 Å². The van der Waals surface area contributed by atoms with Gasteiger partial charge in [0.05, 0.1) is 6.54 Å². The minimum absolute atomic E-state index is 0.0234. The molecule has 3 rings (SSSR count). The quantitative estimate of drug-likeness (QED) is 0.932. The molecular formula is C18H22N4O2. The van der Waals surface area contributed by atoms with Gasteiger partial charge in [0.15, 0.2) is 0 Å². The molecule has 0 aliphatic carbocycles. The van der Waals surface area contributed by atoms with Gasteiger partial charge >= 0.3 is 0 Å². The highest BCUT2D eigenvalue weighted by Crippen LogP contribution is 2.32. The molecule has 0 saturated carbocycles. The third-order valence-electron chi connectivity index (χ3n) is 4.23. The van der Waals surface area contributed by atoms with E-state index in [1.807, 2.05) is 31.2 Å². The van der Waals surface area contributed by atoms with E-state index in [2.05, 4.69) is 9.97 Å². The molecule has 0 spiro atoms. The Morgan fingerprint density at radius 2 is 2.21 bits per heavy atom. The molecule has 1 aliphatic heterocycles. The Balaban J connectivity index is 1.82. The van der Waals surface area contributed by atoms with Crippen molar-refractivity contribution in [3.63, 3.8) is 0 Å². The monoisotopic (exact) mass is 326 g/mol. The molecule has 1 unspecified atom stereocenters. The maximum Gasteiger partial charge on any atom is 0.241 e. The number of hydrogen-bond acceptors (Lipinski definition) is 5. The molecule has 2 heterocycles. The molecule has 2 aromatic rings. The lowest BCUT2D eigenvalue weighted by Gasteiger charge is -2.32. The summed E-state index contributed by atoms with van der Waals surface area (Å²) >= 11 is 0. The van der Waals surface area contributed by atoms with Crippen molar-refractivity contribution in [2.75, 3.05) is 19.6 Å². The summed E-state index contributed by atoms with van der Waals surface area (Å²) in [5.41, 5.74) is 7.41. The average molecular weight is 326 g/mol. The van der Waals surface area contributed by atoms with Gasteiger partial charge in [-0.2, -0.15) is 0 Å². The smallest absolute Gasteiger partial charge is 0.241 e. The van der Waals surface area contributed by atoms with Gasteiger partial charge in [0.2, 0.25) is 11.8 Å². The molecule has 1 fully saturated rings. The minimum atomic E-state index is -0.0234. The van der Waals surface area contributed by atoms with Crippen molar-refractivity contribution >= 4 is 5.91 Å². The third-order valence-corrected chi connectivity index (χ3v) is 4.23. The van der Waals surface area contributed by atoms with Crippen LogP contribution in [0.5, 0.6) is 11.6 Å². The number of aromatic nitrogens is 2. The Labute approximate surface area is 141 Å². The van der Waals surface area contributed by atoms with Crippen LogP contribution in [0.1, 0.15) is 30.0 Å². The maximum atomic E-state index is 11.9. The molecule has 1 aromatic carbocycles. The average Bonchev–Trinajstić information content (AvgIpc) is 2.61. The summed E-state index contributed by atoms with van der Waals surface area (Å²) in [5.74, 6) is 1.34. The van der Waals surface area contributed by atoms with Gasteiger partial charge in [-0.3, -0.25) is 9.78 Å². The van der Waals surface area contributed by atoms with Crippen molar-refractivity contribution in [1.82, 2.24) is 14.9 Å². The summed E-state index contributed by atoms with van der Waals surface area (Å²) in [7, 11) is 0. The Morgan fingerprint density at radius 3 is 3.00 bits per heavy atom. The summed E-state index contributed by atoms with van der Waals surface area (Å²) in [6.07, 6.45) is 5.18. The van der Waals surface area contributed by atoms with E-state index in [-0.39, 0.29) is 18.4 Å². The normalized spacial score (nSPS) is 17.6. The molecule has 1 saturated heterocycles. The highest BCUT2D eigenvalue weighted by molar-refractivity contribution is 5.78. The predicted octanol–water partition coefficient (Wildman–Crippen LogP) is 2.24. The summed E-state index contributed by atoms with van der Waals surface area (Å²) in [6.45, 7) is 3.42. The van der Waals surface area contributed by atoms with Crippen LogP contribution in [-0.2, 0) is 4.79 Å². The maximum absolute atomic E-state index is 11.9. The van der Waals surface area contributed by atoms with Gasteiger partial charge in [0, 0.05) is 31.4 Å². The number of ether oxygens (including phenoxy) is 1. The van der Waals surface area contributed by atoms with Crippen LogP contribution in [0.25, 0.3) is 0 Å². The first-order valence-electron chi connectivity index (χ1n) is 8.20. The van der Waals surface area contributed by atoms with Crippen LogP contribution in [0.4, 0.5) is 0 Å². The van der Waals surface area contributed by atoms with E-state index in [0.717, 1.165) is 36.4 Å². The topological polar surface area (TPSA) is 81.3 Å². The molecule has 0 radical (unpaired) electrons. The van der Waals surface area contributed by atoms with E-state index in [0.29, 0.717) is 12.4 Å². The molecule has 126 valence electrons. The molecule has 2 N–H and O–H groups in total. The fraction of sp³-hybridized carbons (Fsp3) is 0.389. The second kappa shape index (κ2) is 7.40. The van der Waals surface area contributed by atoms with E-state index in [4.69, 9.17) is 10.5 Å². The van der Waals surface area contributed by atoms with Gasteiger partial charge in [0.1, 0.15) is 11.4 Å². The van der Waals surface area contributed by atoms with Crippen LogP contribution in [0.2, 0.25) is 0 Å². The van der Waals surface area contributed by atoms with Crippen molar-refractivity contribution in [3.8, 4) is 11.6 Å². The number of benzene rings is 1. The Bertz CT molecular complexity index is 720. The zero-order valence-electron chi connectivity index (χ0n) is 13.8. The molecule has 0 bridgehead atoms. The van der Waals surface area contributed by atoms with E-state index >= 15 is 0 Å². The zero-order valence-corrected chi connectivity index (χ0v) is 13.8. The molecular weight excluding hydrogens is 304 g/mol. The number of piperidine rings is 1. The van der Waals surface area contributed by atoms with Crippen LogP contribution >= 0.6 is 0 Å². The first-order valence-corrected chi connectivity index (χ1v) is 8.20. The van der Waals surface area contributed by atoms with E-state index in [1.54, 1.807) is 17.3 Å². The second-order valence-electron chi connectivity index (χ2n) is 6.05. The molecule has 1 amide bonds. The van der Waals surface area contributed by atoms with Gasteiger partial charge < -0.3 is 15.4 Å². The van der Waals surface area contributed by atoms with Crippen molar-refractivity contribution in [1.29, 1.82) is 0 Å². The number of carbonyl (C=O) groups excluding carboxylic acids is 1. The van der Waals surface area contributed by atoms with Crippen LogP contribution in [0.15, 0.2) is 36.7 Å². The van der Waals surface area contributed by atoms with Crippen LogP contribution in [0, 0.1) is 6.92 Å². The molecule has 1 aromatic heterocycles. The number of hydrogen-bond donors (Lipinski definition) is 1. The van der Waals surface area contributed by atoms with Gasteiger partial charge in [-0.15, -0.1) is 0 Å². The molecule has 1 atom stereocenters. The second-order valence-corrected chi connectivity index (χ2v) is 6.05. The first kappa shape index (κ1) is 16.4. The predicted molar refractivity (Wildman–Crippen MR) is 90.9 cm³/mol. The minimum Gasteiger partial charge on any atom is -0.437 e. The lowest BCUT2D eigenvalue weighted by atomic mass is 9.94. The summed E-state index contributed by atoms with van der Waals surface area (Å²) < 4.78 is 5.96. The van der Waals surface area contributed by atoms with Gasteiger partial charge in [-0.05, 0) is 37.5 Å². The molecule has 6 nitrogen and oxygen atoms in total. The number of likely N-dealkylation sites (tertiary alicyclic amines) is 1. The van der Waals surface area contributed by atoms with Gasteiger partial charge in [0.25, 0.3) is 0 Å². The molecule has 1 aliphatic rings. The lowest BCUT2D eigenvalue weighted by Crippen LogP contribution is -2.42. The number of carbonyl (C=O) groups is 1. The van der Waals surface area contributed by atoms with Crippen molar-refractivity contribution < 1.29 is 9.53 Å². The Kier molecular flexibility index (Phi) is 5.05. The largest absolute Gasteiger partial charge is 0.437 e. The first-order chi connectivity index (χ1) is 11.7. The van der Waals surface area contributed by atoms with E-state index in [1.165, 1.54) is 0 Å². The summed E-state index contributed by atoms with van der Waals surface area (Å²) in [6, 6.07) is 7.82. The van der Waals surface area contributed by atoms with Crippen molar-refractivity contribution in [2.45, 2.75) is 25.7 Å².